The van der Waals surface area contributed by atoms with Crippen LogP contribution in [0.15, 0.2) is 34.6 Å². The SMILES string of the molecule is FC(F)(F)Oc1ccc(-c2csc(NC3=NCCCC3)n2)cc1. The van der Waals surface area contributed by atoms with E-state index < -0.39 is 6.36 Å². The summed E-state index contributed by atoms with van der Waals surface area (Å²) in [6.07, 6.45) is -1.54. The Morgan fingerprint density at radius 3 is 2.57 bits per heavy atom. The first-order chi connectivity index (χ1) is 11.0. The van der Waals surface area contributed by atoms with Crippen molar-refractivity contribution in [2.45, 2.75) is 25.6 Å². The summed E-state index contributed by atoms with van der Waals surface area (Å²) >= 11 is 1.44. The van der Waals surface area contributed by atoms with Gasteiger partial charge in [-0.1, -0.05) is 0 Å². The van der Waals surface area contributed by atoms with E-state index in [4.69, 9.17) is 0 Å². The second-order valence-corrected chi connectivity index (χ2v) is 5.88. The molecule has 0 aliphatic carbocycles. The molecule has 0 saturated carbocycles. The van der Waals surface area contributed by atoms with Crippen molar-refractivity contribution in [2.24, 2.45) is 4.99 Å². The predicted octanol–water partition coefficient (Wildman–Crippen LogP) is 4.70. The summed E-state index contributed by atoms with van der Waals surface area (Å²) in [5.41, 5.74) is 1.43. The van der Waals surface area contributed by atoms with E-state index >= 15 is 0 Å². The molecule has 0 unspecified atom stereocenters. The van der Waals surface area contributed by atoms with Crippen LogP contribution in [-0.2, 0) is 0 Å². The number of thiazole rings is 1. The van der Waals surface area contributed by atoms with Crippen molar-refractivity contribution in [1.29, 1.82) is 0 Å². The van der Waals surface area contributed by atoms with Gasteiger partial charge in [-0.3, -0.25) is 4.99 Å². The van der Waals surface area contributed by atoms with Gasteiger partial charge in [0.05, 0.1) is 5.69 Å². The molecule has 0 radical (unpaired) electrons. The van der Waals surface area contributed by atoms with Gasteiger partial charge in [-0.15, -0.1) is 24.5 Å². The minimum absolute atomic E-state index is 0.244. The molecule has 0 atom stereocenters. The number of anilines is 1. The largest absolute Gasteiger partial charge is 0.573 e. The van der Waals surface area contributed by atoms with Crippen LogP contribution in [0.3, 0.4) is 0 Å². The molecule has 1 aromatic carbocycles. The highest BCUT2D eigenvalue weighted by Crippen LogP contribution is 2.28. The summed E-state index contributed by atoms with van der Waals surface area (Å²) in [4.78, 5) is 8.84. The molecular formula is C15H14F3N3OS. The quantitative estimate of drug-likeness (QED) is 0.880. The molecule has 3 rings (SSSR count). The fraction of sp³-hybridized carbons (Fsp3) is 0.333. The van der Waals surface area contributed by atoms with Gasteiger partial charge in [0, 0.05) is 23.9 Å². The number of halogens is 3. The number of amidine groups is 1. The molecule has 0 spiro atoms. The van der Waals surface area contributed by atoms with Gasteiger partial charge in [0.25, 0.3) is 0 Å². The third-order valence-corrected chi connectivity index (χ3v) is 4.02. The number of aromatic nitrogens is 1. The highest BCUT2D eigenvalue weighted by atomic mass is 32.1. The van der Waals surface area contributed by atoms with Crippen molar-refractivity contribution >= 4 is 22.3 Å². The van der Waals surface area contributed by atoms with Crippen LogP contribution < -0.4 is 10.1 Å². The molecule has 23 heavy (non-hydrogen) atoms. The first kappa shape index (κ1) is 15.8. The highest BCUT2D eigenvalue weighted by Gasteiger charge is 2.30. The fourth-order valence-electron chi connectivity index (χ4n) is 2.21. The number of alkyl halides is 3. The Balaban J connectivity index is 1.69. The second kappa shape index (κ2) is 6.57. The van der Waals surface area contributed by atoms with Crippen LogP contribution in [0.25, 0.3) is 11.3 Å². The van der Waals surface area contributed by atoms with Crippen LogP contribution in [0, 0.1) is 0 Å². The first-order valence-corrected chi connectivity index (χ1v) is 8.00. The van der Waals surface area contributed by atoms with Crippen molar-refractivity contribution in [1.82, 2.24) is 4.98 Å². The summed E-state index contributed by atoms with van der Waals surface area (Å²) in [6, 6.07) is 5.66. The molecule has 2 heterocycles. The van der Waals surface area contributed by atoms with Crippen LogP contribution in [0.1, 0.15) is 19.3 Å². The van der Waals surface area contributed by atoms with Gasteiger partial charge in [-0.2, -0.15) is 0 Å². The summed E-state index contributed by atoms with van der Waals surface area (Å²) in [5.74, 6) is 0.692. The normalized spacial score (nSPS) is 15.2. The lowest BCUT2D eigenvalue weighted by molar-refractivity contribution is -0.274. The molecule has 0 saturated heterocycles. The van der Waals surface area contributed by atoms with E-state index in [0.29, 0.717) is 5.69 Å². The molecular weight excluding hydrogens is 327 g/mol. The Bertz CT molecular complexity index is 695. The van der Waals surface area contributed by atoms with Crippen LogP contribution in [0.2, 0.25) is 0 Å². The van der Waals surface area contributed by atoms with Crippen molar-refractivity contribution in [2.75, 3.05) is 11.9 Å². The number of ether oxygens (including phenoxy) is 1. The monoisotopic (exact) mass is 341 g/mol. The summed E-state index contributed by atoms with van der Waals surface area (Å²) < 4.78 is 40.3. The van der Waals surface area contributed by atoms with E-state index in [1.165, 1.54) is 23.5 Å². The van der Waals surface area contributed by atoms with Crippen molar-refractivity contribution in [3.8, 4) is 17.0 Å². The average Bonchev–Trinajstić information content (AvgIpc) is 2.96. The van der Waals surface area contributed by atoms with E-state index in [2.05, 4.69) is 20.0 Å². The number of benzene rings is 1. The lowest BCUT2D eigenvalue weighted by Crippen LogP contribution is -2.16. The molecule has 1 aliphatic rings. The highest BCUT2D eigenvalue weighted by molar-refractivity contribution is 7.14. The Hall–Kier alpha value is -2.09. The zero-order chi connectivity index (χ0) is 16.3. The molecule has 0 bridgehead atoms. The van der Waals surface area contributed by atoms with Gasteiger partial charge >= 0.3 is 6.36 Å². The molecule has 122 valence electrons. The Morgan fingerprint density at radius 2 is 1.91 bits per heavy atom. The minimum atomic E-state index is -4.68. The van der Waals surface area contributed by atoms with E-state index in [1.807, 2.05) is 5.38 Å². The maximum Gasteiger partial charge on any atom is 0.573 e. The fourth-order valence-corrected chi connectivity index (χ4v) is 2.95. The molecule has 0 amide bonds. The molecule has 4 nitrogen and oxygen atoms in total. The zero-order valence-corrected chi connectivity index (χ0v) is 12.9. The standard InChI is InChI=1S/C15H14F3N3OS/c16-15(17,18)22-11-6-4-10(5-7-11)12-9-23-14(20-12)21-13-3-1-2-8-19-13/h4-7,9H,1-3,8H2,(H,19,20,21). The van der Waals surface area contributed by atoms with Gasteiger partial charge in [0.15, 0.2) is 5.13 Å². The zero-order valence-electron chi connectivity index (χ0n) is 12.1. The molecule has 0 fully saturated rings. The van der Waals surface area contributed by atoms with Crippen molar-refractivity contribution < 1.29 is 17.9 Å². The molecule has 2 aromatic rings. The van der Waals surface area contributed by atoms with E-state index in [0.717, 1.165) is 42.3 Å². The van der Waals surface area contributed by atoms with Gasteiger partial charge in [-0.05, 0) is 37.1 Å². The maximum atomic E-state index is 12.1. The lowest BCUT2D eigenvalue weighted by Gasteiger charge is -2.11. The number of hydrogen-bond acceptors (Lipinski definition) is 5. The van der Waals surface area contributed by atoms with E-state index in [-0.39, 0.29) is 5.75 Å². The lowest BCUT2D eigenvalue weighted by atomic mass is 10.2. The number of hydrogen-bond donors (Lipinski definition) is 1. The Labute approximate surface area is 135 Å². The Morgan fingerprint density at radius 1 is 1.13 bits per heavy atom. The second-order valence-electron chi connectivity index (χ2n) is 5.02. The molecule has 1 N–H and O–H groups in total. The first-order valence-electron chi connectivity index (χ1n) is 7.12. The van der Waals surface area contributed by atoms with Gasteiger partial charge < -0.3 is 10.1 Å². The minimum Gasteiger partial charge on any atom is -0.406 e. The maximum absolute atomic E-state index is 12.1. The summed E-state index contributed by atoms with van der Waals surface area (Å²) in [6.45, 7) is 0.835. The van der Waals surface area contributed by atoms with Gasteiger partial charge in [0.1, 0.15) is 11.6 Å². The van der Waals surface area contributed by atoms with E-state index in [1.54, 1.807) is 12.1 Å². The van der Waals surface area contributed by atoms with Gasteiger partial charge in [-0.25, -0.2) is 4.98 Å². The summed E-state index contributed by atoms with van der Waals surface area (Å²) in [7, 11) is 0. The molecule has 8 heteroatoms. The van der Waals surface area contributed by atoms with E-state index in [9.17, 15) is 13.2 Å². The van der Waals surface area contributed by atoms with Crippen LogP contribution >= 0.6 is 11.3 Å². The van der Waals surface area contributed by atoms with Crippen LogP contribution in [0.4, 0.5) is 18.3 Å². The molecule has 1 aromatic heterocycles. The number of rotatable bonds is 3. The Kier molecular flexibility index (Phi) is 4.51. The van der Waals surface area contributed by atoms with Crippen LogP contribution in [-0.4, -0.2) is 23.7 Å². The van der Waals surface area contributed by atoms with Crippen LogP contribution in [0.5, 0.6) is 5.75 Å². The average molecular weight is 341 g/mol. The van der Waals surface area contributed by atoms with Gasteiger partial charge in [0.2, 0.25) is 0 Å². The summed E-state index contributed by atoms with van der Waals surface area (Å²) in [5, 5.41) is 5.78. The predicted molar refractivity (Wildman–Crippen MR) is 84.0 cm³/mol. The number of aliphatic imine (C=N–C) groups is 1. The third kappa shape index (κ3) is 4.44. The topological polar surface area (TPSA) is 46.5 Å². The number of nitrogens with one attached hydrogen (secondary N) is 1. The van der Waals surface area contributed by atoms with Crippen molar-refractivity contribution in [3.63, 3.8) is 0 Å². The number of nitrogens with zero attached hydrogens (tertiary/aromatic N) is 2. The van der Waals surface area contributed by atoms with Crippen molar-refractivity contribution in [3.05, 3.63) is 29.6 Å². The third-order valence-electron chi connectivity index (χ3n) is 3.26. The smallest absolute Gasteiger partial charge is 0.406 e. The molecule has 1 aliphatic heterocycles.